The normalized spacial score (nSPS) is 18.5. The van der Waals surface area contributed by atoms with Gasteiger partial charge in [0.25, 0.3) is 0 Å². The Morgan fingerprint density at radius 3 is 2.27 bits per heavy atom. The monoisotopic (exact) mass is 253 g/mol. The molecule has 1 atom stereocenters. The van der Waals surface area contributed by atoms with Gasteiger partial charge in [-0.1, -0.05) is 0 Å². The van der Waals surface area contributed by atoms with Gasteiger partial charge in [0.1, 0.15) is 0 Å². The van der Waals surface area contributed by atoms with E-state index < -0.39 is 17.9 Å². The molecule has 0 radical (unpaired) electrons. The van der Waals surface area contributed by atoms with Crippen LogP contribution < -0.4 is 0 Å². The molecule has 0 saturated heterocycles. The topological polar surface area (TPSA) is 0 Å². The third-order valence-corrected chi connectivity index (χ3v) is 6.24. The van der Waals surface area contributed by atoms with Crippen molar-refractivity contribution in [2.75, 3.05) is 0 Å². The van der Waals surface area contributed by atoms with Crippen molar-refractivity contribution in [1.29, 1.82) is 0 Å². The predicted molar refractivity (Wildman–Crippen MR) is 70.5 cm³/mol. The van der Waals surface area contributed by atoms with Crippen molar-refractivity contribution in [1.82, 2.24) is 0 Å². The van der Waals surface area contributed by atoms with Gasteiger partial charge < -0.3 is 0 Å². The van der Waals surface area contributed by atoms with Crippen molar-refractivity contribution in [2.45, 2.75) is 28.5 Å². The van der Waals surface area contributed by atoms with Gasteiger partial charge in [0.15, 0.2) is 0 Å². The number of hydrogen-bond acceptors (Lipinski definition) is 0. The summed E-state index contributed by atoms with van der Waals surface area (Å²) in [6.45, 7) is 4.59. The van der Waals surface area contributed by atoms with E-state index in [4.69, 9.17) is 0 Å². The van der Waals surface area contributed by atoms with Gasteiger partial charge in [-0.25, -0.2) is 0 Å². The van der Waals surface area contributed by atoms with Gasteiger partial charge >= 0.3 is 92.9 Å². The Morgan fingerprint density at radius 2 is 1.67 bits per heavy atom. The number of benzene rings is 1. The molecule has 0 aromatic heterocycles. The Balaban J connectivity index is 0.00000112. The van der Waals surface area contributed by atoms with Crippen LogP contribution >= 0.6 is 0 Å². The summed E-state index contributed by atoms with van der Waals surface area (Å²) in [7, 11) is 0. The minimum Gasteiger partial charge on any atom is -0.0149 e. The molecule has 2 heteroatoms. The maximum atomic E-state index is 2.48. The fourth-order valence-corrected chi connectivity index (χ4v) is 5.55. The first-order valence-corrected chi connectivity index (χ1v) is 9.22. The zero-order valence-corrected chi connectivity index (χ0v) is 10.9. The first-order chi connectivity index (χ1) is 6.63. The molecule has 0 saturated carbocycles. The fourth-order valence-electron chi connectivity index (χ4n) is 2.50. The zero-order chi connectivity index (χ0) is 10.3. The summed E-state index contributed by atoms with van der Waals surface area (Å²) >= 11 is -0.878. The minimum absolute atomic E-state index is 0. The summed E-state index contributed by atoms with van der Waals surface area (Å²) < 4.78 is 0.811. The minimum atomic E-state index is -0.878. The van der Waals surface area contributed by atoms with Crippen molar-refractivity contribution in [3.8, 4) is 0 Å². The zero-order valence-electron chi connectivity index (χ0n) is 9.39. The summed E-state index contributed by atoms with van der Waals surface area (Å²) in [6.07, 6.45) is 0. The van der Waals surface area contributed by atoms with Crippen LogP contribution in [-0.2, 0) is 17.9 Å². The second-order valence-electron chi connectivity index (χ2n) is 4.41. The molecule has 0 nitrogen and oxygen atoms in total. The molecule has 15 heavy (non-hydrogen) atoms. The van der Waals surface area contributed by atoms with Crippen LogP contribution in [0.1, 0.15) is 29.2 Å². The molecule has 0 aliphatic heterocycles. The Labute approximate surface area is 104 Å². The Hall–Kier alpha value is -0.109. The average Bonchev–Trinajstić information content (AvgIpc) is 2.41. The van der Waals surface area contributed by atoms with Crippen molar-refractivity contribution in [3.63, 3.8) is 0 Å². The maximum absolute atomic E-state index is 2.48. The van der Waals surface area contributed by atoms with Crippen LogP contribution in [0.2, 0.25) is 10.5 Å². The van der Waals surface area contributed by atoms with E-state index in [9.17, 15) is 0 Å². The Morgan fingerprint density at radius 1 is 1.07 bits per heavy atom. The van der Waals surface area contributed by atoms with Crippen LogP contribution in [0.3, 0.4) is 0 Å². The maximum Gasteiger partial charge on any atom is -0.0149 e. The molecule has 2 rings (SSSR count). The van der Waals surface area contributed by atoms with E-state index in [0.717, 1.165) is 4.22 Å². The summed E-state index contributed by atoms with van der Waals surface area (Å²) in [6, 6.07) is 8.93. The molecule has 1 aliphatic rings. The third-order valence-electron chi connectivity index (χ3n) is 3.28. The quantitative estimate of drug-likeness (QED) is 0.675. The first kappa shape index (κ1) is 13.0. The summed E-state index contributed by atoms with van der Waals surface area (Å²) in [5.41, 5.74) is 6.26. The van der Waals surface area contributed by atoms with Crippen molar-refractivity contribution in [2.24, 2.45) is 0 Å². The van der Waals surface area contributed by atoms with Crippen LogP contribution in [-0.4, -0.2) is 11.0 Å². The van der Waals surface area contributed by atoms with Gasteiger partial charge in [-0.3, -0.25) is 0 Å². The van der Waals surface area contributed by atoms with Crippen molar-refractivity contribution < 1.29 is 17.9 Å². The van der Waals surface area contributed by atoms with Gasteiger partial charge in [0, 0.05) is 0 Å². The largest absolute Gasteiger partial charge is 0.0149 e. The van der Waals surface area contributed by atoms with E-state index in [1.54, 1.807) is 11.1 Å². The molecule has 1 unspecified atom stereocenters. The molecule has 0 heterocycles. The van der Waals surface area contributed by atoms with E-state index in [2.05, 4.69) is 48.6 Å². The average molecular weight is 253 g/mol. The van der Waals surface area contributed by atoms with Gasteiger partial charge in [0.2, 0.25) is 0 Å². The Kier molecular flexibility index (Phi) is 4.16. The standard InChI is InChI=1S/C11H11.2CH3.H4Si.Ti/c1-8-7-10-5-3-4-6-11(10)9(8)2;;;;/h3-7H,1-2H3;2*1H3;1H4;. The van der Waals surface area contributed by atoms with Crippen LogP contribution in [0, 0.1) is 0 Å². The second-order valence-corrected chi connectivity index (χ2v) is 8.67. The molecule has 0 amide bonds. The molecule has 1 aromatic rings. The first-order valence-electron chi connectivity index (χ1n) is 5.19. The molecule has 81 valence electrons. The number of rotatable bonds is 1. The molecule has 0 N–H and O–H groups in total. The van der Waals surface area contributed by atoms with Gasteiger partial charge in [-0.05, 0) is 11.0 Å². The van der Waals surface area contributed by atoms with E-state index >= 15 is 0 Å². The van der Waals surface area contributed by atoms with Crippen molar-refractivity contribution >= 4 is 16.5 Å². The van der Waals surface area contributed by atoms with E-state index in [1.807, 2.05) is 0 Å². The summed E-state index contributed by atoms with van der Waals surface area (Å²) in [5.74, 6) is 0. The van der Waals surface area contributed by atoms with Gasteiger partial charge in [0.05, 0.1) is 0 Å². The molecule has 0 bridgehead atoms. The molecule has 1 aromatic carbocycles. The Bertz CT molecular complexity index is 393. The summed E-state index contributed by atoms with van der Waals surface area (Å²) in [4.78, 5) is 0. The van der Waals surface area contributed by atoms with Crippen LogP contribution in [0.4, 0.5) is 0 Å². The molecular formula is C13H21SiTi. The van der Waals surface area contributed by atoms with E-state index in [1.165, 1.54) is 11.1 Å². The van der Waals surface area contributed by atoms with Crippen LogP contribution in [0.15, 0.2) is 29.8 Å². The van der Waals surface area contributed by atoms with E-state index in [-0.39, 0.29) is 11.0 Å². The van der Waals surface area contributed by atoms with Gasteiger partial charge in [-0.15, -0.1) is 0 Å². The second kappa shape index (κ2) is 4.82. The van der Waals surface area contributed by atoms with Crippen molar-refractivity contribution in [3.05, 3.63) is 41.0 Å². The van der Waals surface area contributed by atoms with Crippen LogP contribution in [0.25, 0.3) is 5.57 Å². The van der Waals surface area contributed by atoms with Gasteiger partial charge in [-0.2, -0.15) is 0 Å². The number of allylic oxidation sites excluding steroid dienone is 2. The predicted octanol–water partition coefficient (Wildman–Crippen LogP) is 2.80. The molecule has 0 spiro atoms. The number of fused-ring (bicyclic) bond motifs is 1. The van der Waals surface area contributed by atoms with Crippen LogP contribution in [0.5, 0.6) is 0 Å². The third kappa shape index (κ3) is 2.06. The SMILES string of the molecule is CC1=C(C)[CH]([Ti]([CH3])[CH3])c2ccccc21.[SiH4]. The summed E-state index contributed by atoms with van der Waals surface area (Å²) in [5, 5.41) is 4.95. The smallest absolute Gasteiger partial charge is 0.0149 e. The molecule has 1 aliphatic carbocycles. The number of hydrogen-bond donors (Lipinski definition) is 0. The van der Waals surface area contributed by atoms with E-state index in [0.29, 0.717) is 0 Å². The molecular weight excluding hydrogens is 232 g/mol. The molecule has 0 fully saturated rings. The fraction of sp³-hybridized carbons (Fsp3) is 0.385.